The summed E-state index contributed by atoms with van der Waals surface area (Å²) in [6.07, 6.45) is 0.875. The number of fused-ring (bicyclic) bond motifs is 1. The van der Waals surface area contributed by atoms with E-state index in [9.17, 15) is 8.42 Å². The van der Waals surface area contributed by atoms with Gasteiger partial charge in [-0.2, -0.15) is 0 Å². The minimum Gasteiger partial charge on any atom is -0.315 e. The fourth-order valence-electron chi connectivity index (χ4n) is 1.88. The molecule has 58 valence electrons. The lowest BCUT2D eigenvalue weighted by molar-refractivity contribution is 0.576. The molecule has 3 nitrogen and oxygen atoms in total. The fraction of sp³-hybridized carbons (Fsp3) is 1.00. The van der Waals surface area contributed by atoms with E-state index >= 15 is 0 Å². The van der Waals surface area contributed by atoms with Gasteiger partial charge < -0.3 is 5.32 Å². The van der Waals surface area contributed by atoms with E-state index in [-0.39, 0.29) is 5.25 Å². The van der Waals surface area contributed by atoms with Gasteiger partial charge >= 0.3 is 0 Å². The van der Waals surface area contributed by atoms with Gasteiger partial charge in [0.15, 0.2) is 9.84 Å². The molecule has 2 saturated heterocycles. The zero-order valence-corrected chi connectivity index (χ0v) is 6.52. The maximum Gasteiger partial charge on any atom is 0.154 e. The summed E-state index contributed by atoms with van der Waals surface area (Å²) in [6.45, 7) is 1.59. The van der Waals surface area contributed by atoms with Crippen LogP contribution >= 0.6 is 0 Å². The SMILES string of the molecule is O=S1(=O)CC[C@@H]2CNC[C@H]21. The molecule has 10 heavy (non-hydrogen) atoms. The Kier molecular flexibility index (Phi) is 1.29. The quantitative estimate of drug-likeness (QED) is 0.515. The summed E-state index contributed by atoms with van der Waals surface area (Å²) in [7, 11) is -2.69. The summed E-state index contributed by atoms with van der Waals surface area (Å²) >= 11 is 0. The molecular weight excluding hydrogens is 150 g/mol. The molecule has 0 bridgehead atoms. The molecule has 2 heterocycles. The van der Waals surface area contributed by atoms with Gasteiger partial charge in [0.05, 0.1) is 11.0 Å². The Balaban J connectivity index is 2.32. The van der Waals surface area contributed by atoms with Crippen LogP contribution in [0, 0.1) is 5.92 Å². The number of nitrogens with one attached hydrogen (secondary N) is 1. The average Bonchev–Trinajstić information content (AvgIpc) is 2.36. The molecular formula is C6H11NO2S. The van der Waals surface area contributed by atoms with Crippen LogP contribution in [0.3, 0.4) is 0 Å². The van der Waals surface area contributed by atoms with Crippen LogP contribution in [-0.4, -0.2) is 32.5 Å². The molecule has 0 amide bonds. The predicted molar refractivity (Wildman–Crippen MR) is 38.6 cm³/mol. The van der Waals surface area contributed by atoms with Crippen molar-refractivity contribution in [3.05, 3.63) is 0 Å². The lowest BCUT2D eigenvalue weighted by atomic mass is 10.1. The van der Waals surface area contributed by atoms with E-state index in [0.717, 1.165) is 13.0 Å². The number of sulfone groups is 1. The van der Waals surface area contributed by atoms with Crippen molar-refractivity contribution in [1.82, 2.24) is 5.32 Å². The van der Waals surface area contributed by atoms with Crippen LogP contribution in [0.1, 0.15) is 6.42 Å². The molecule has 2 aliphatic heterocycles. The molecule has 0 aliphatic carbocycles. The Morgan fingerprint density at radius 3 is 2.80 bits per heavy atom. The number of hydrogen-bond acceptors (Lipinski definition) is 3. The Labute approximate surface area is 60.7 Å². The van der Waals surface area contributed by atoms with Gasteiger partial charge in [-0.05, 0) is 18.9 Å². The number of hydrogen-bond donors (Lipinski definition) is 1. The largest absolute Gasteiger partial charge is 0.315 e. The van der Waals surface area contributed by atoms with Gasteiger partial charge in [0.25, 0.3) is 0 Å². The van der Waals surface area contributed by atoms with Crippen molar-refractivity contribution in [2.45, 2.75) is 11.7 Å². The Morgan fingerprint density at radius 2 is 2.10 bits per heavy atom. The fourth-order valence-corrected chi connectivity index (χ4v) is 4.01. The molecule has 2 aliphatic rings. The van der Waals surface area contributed by atoms with Crippen molar-refractivity contribution in [2.24, 2.45) is 5.92 Å². The van der Waals surface area contributed by atoms with Gasteiger partial charge in [-0.3, -0.25) is 0 Å². The van der Waals surface area contributed by atoms with E-state index in [1.807, 2.05) is 0 Å². The first-order chi connectivity index (χ1) is 4.70. The third-order valence-electron chi connectivity index (χ3n) is 2.51. The maximum atomic E-state index is 11.2. The van der Waals surface area contributed by atoms with Crippen LogP contribution in [0.4, 0.5) is 0 Å². The first kappa shape index (κ1) is 6.61. The second-order valence-corrected chi connectivity index (χ2v) is 5.45. The van der Waals surface area contributed by atoms with E-state index in [0.29, 0.717) is 18.2 Å². The normalized spacial score (nSPS) is 43.6. The highest BCUT2D eigenvalue weighted by Crippen LogP contribution is 2.28. The summed E-state index contributed by atoms with van der Waals surface area (Å²) in [4.78, 5) is 0. The maximum absolute atomic E-state index is 11.2. The summed E-state index contributed by atoms with van der Waals surface area (Å²) in [5.74, 6) is 0.842. The third-order valence-corrected chi connectivity index (χ3v) is 4.79. The van der Waals surface area contributed by atoms with Crippen LogP contribution < -0.4 is 5.32 Å². The van der Waals surface area contributed by atoms with Crippen LogP contribution in [0.5, 0.6) is 0 Å². The zero-order chi connectivity index (χ0) is 7.19. The summed E-state index contributed by atoms with van der Waals surface area (Å²) in [6, 6.07) is 0. The van der Waals surface area contributed by atoms with Gasteiger partial charge in [0.1, 0.15) is 0 Å². The van der Waals surface area contributed by atoms with Crippen molar-refractivity contribution in [1.29, 1.82) is 0 Å². The minimum atomic E-state index is -2.69. The third kappa shape index (κ3) is 0.787. The zero-order valence-electron chi connectivity index (χ0n) is 5.71. The molecule has 0 aromatic heterocycles. The Hall–Kier alpha value is -0.0900. The highest BCUT2D eigenvalue weighted by Gasteiger charge is 2.42. The van der Waals surface area contributed by atoms with E-state index < -0.39 is 9.84 Å². The van der Waals surface area contributed by atoms with E-state index in [4.69, 9.17) is 0 Å². The highest BCUT2D eigenvalue weighted by atomic mass is 32.2. The summed E-state index contributed by atoms with van der Waals surface area (Å²) in [5, 5.41) is 3.05. The van der Waals surface area contributed by atoms with Crippen molar-refractivity contribution >= 4 is 9.84 Å². The molecule has 4 heteroatoms. The molecule has 2 atom stereocenters. The molecule has 0 aromatic carbocycles. The van der Waals surface area contributed by atoms with Gasteiger partial charge in [-0.25, -0.2) is 8.42 Å². The van der Waals surface area contributed by atoms with Crippen molar-refractivity contribution < 1.29 is 8.42 Å². The molecule has 1 N–H and O–H groups in total. The molecule has 2 rings (SSSR count). The van der Waals surface area contributed by atoms with Crippen molar-refractivity contribution in [3.63, 3.8) is 0 Å². The number of rotatable bonds is 0. The first-order valence-electron chi connectivity index (χ1n) is 3.62. The monoisotopic (exact) mass is 161 g/mol. The summed E-state index contributed by atoms with van der Waals surface area (Å²) < 4.78 is 22.4. The van der Waals surface area contributed by atoms with Crippen LogP contribution in [-0.2, 0) is 9.84 Å². The average molecular weight is 161 g/mol. The van der Waals surface area contributed by atoms with Gasteiger partial charge in [0, 0.05) is 6.54 Å². The van der Waals surface area contributed by atoms with Crippen LogP contribution in [0.15, 0.2) is 0 Å². The molecule has 2 fully saturated rings. The van der Waals surface area contributed by atoms with Crippen LogP contribution in [0.2, 0.25) is 0 Å². The van der Waals surface area contributed by atoms with Gasteiger partial charge in [-0.15, -0.1) is 0 Å². The highest BCUT2D eigenvalue weighted by molar-refractivity contribution is 7.92. The predicted octanol–water partition coefficient (Wildman–Crippen LogP) is -0.607. The second-order valence-electron chi connectivity index (χ2n) is 3.11. The molecule has 0 aromatic rings. The Bertz CT molecular complexity index is 234. The van der Waals surface area contributed by atoms with Crippen LogP contribution in [0.25, 0.3) is 0 Å². The van der Waals surface area contributed by atoms with E-state index in [1.54, 1.807) is 0 Å². The molecule has 0 radical (unpaired) electrons. The lowest BCUT2D eigenvalue weighted by Gasteiger charge is -2.03. The molecule has 0 unspecified atom stereocenters. The van der Waals surface area contributed by atoms with Crippen molar-refractivity contribution in [2.75, 3.05) is 18.8 Å². The smallest absolute Gasteiger partial charge is 0.154 e. The van der Waals surface area contributed by atoms with Crippen molar-refractivity contribution in [3.8, 4) is 0 Å². The topological polar surface area (TPSA) is 46.2 Å². The standard InChI is InChI=1S/C6H11NO2S/c8-10(9)2-1-5-3-7-4-6(5)10/h5-7H,1-4H2/t5-,6-/m1/s1. The molecule has 0 spiro atoms. The second kappa shape index (κ2) is 1.95. The molecule has 0 saturated carbocycles. The van der Waals surface area contributed by atoms with Gasteiger partial charge in [-0.1, -0.05) is 0 Å². The lowest BCUT2D eigenvalue weighted by Crippen LogP contribution is -2.22. The summed E-state index contributed by atoms with van der Waals surface area (Å²) in [5.41, 5.74) is 0. The minimum absolute atomic E-state index is 0.0486. The Morgan fingerprint density at radius 1 is 1.30 bits per heavy atom. The first-order valence-corrected chi connectivity index (χ1v) is 5.34. The van der Waals surface area contributed by atoms with E-state index in [2.05, 4.69) is 5.32 Å². The van der Waals surface area contributed by atoms with E-state index in [1.165, 1.54) is 0 Å². The van der Waals surface area contributed by atoms with Gasteiger partial charge in [0.2, 0.25) is 0 Å².